The van der Waals surface area contributed by atoms with Gasteiger partial charge in [-0.2, -0.15) is 5.10 Å². The number of hydrogen-bond acceptors (Lipinski definition) is 4. The second-order valence-electron chi connectivity index (χ2n) is 8.03. The van der Waals surface area contributed by atoms with Crippen LogP contribution in [0.3, 0.4) is 0 Å². The summed E-state index contributed by atoms with van der Waals surface area (Å²) in [5.41, 5.74) is 1.80. The number of likely N-dealkylation sites (tertiary alicyclic amines) is 1. The summed E-state index contributed by atoms with van der Waals surface area (Å²) >= 11 is 0. The van der Waals surface area contributed by atoms with Gasteiger partial charge in [0.2, 0.25) is 0 Å². The molecule has 1 aromatic carbocycles. The summed E-state index contributed by atoms with van der Waals surface area (Å²) in [6.45, 7) is 10.4. The Bertz CT molecular complexity index is 703. The van der Waals surface area contributed by atoms with E-state index >= 15 is 0 Å². The third-order valence-electron chi connectivity index (χ3n) is 5.56. The van der Waals surface area contributed by atoms with E-state index in [-0.39, 0.29) is 5.91 Å². The Balaban J connectivity index is 1.54. The molecule has 6 nitrogen and oxygen atoms in total. The van der Waals surface area contributed by atoms with Crippen LogP contribution in [0, 0.1) is 11.8 Å². The zero-order valence-corrected chi connectivity index (χ0v) is 16.6. The number of aromatic nitrogens is 3. The molecular weight excluding hydrogens is 338 g/mol. The fourth-order valence-corrected chi connectivity index (χ4v) is 3.71. The number of carbonyl (C=O) groups excluding carboxylic acids is 1. The smallest absolute Gasteiger partial charge is 0.251 e. The molecule has 146 valence electrons. The zero-order valence-electron chi connectivity index (χ0n) is 16.6. The van der Waals surface area contributed by atoms with Gasteiger partial charge in [-0.25, -0.2) is 9.67 Å². The molecule has 1 aliphatic heterocycles. The van der Waals surface area contributed by atoms with Crippen molar-refractivity contribution in [3.05, 3.63) is 48.0 Å². The van der Waals surface area contributed by atoms with Crippen LogP contribution in [0.5, 0.6) is 0 Å². The van der Waals surface area contributed by atoms with Crippen molar-refractivity contribution >= 4 is 5.91 Å². The summed E-state index contributed by atoms with van der Waals surface area (Å²) in [7, 11) is 0. The predicted octanol–water partition coefficient (Wildman–Crippen LogP) is 2.81. The maximum Gasteiger partial charge on any atom is 0.251 e. The molecule has 1 fully saturated rings. The van der Waals surface area contributed by atoms with Gasteiger partial charge in [0.05, 0.1) is 6.54 Å². The average molecular weight is 370 g/mol. The molecule has 0 aliphatic carbocycles. The Kier molecular flexibility index (Phi) is 6.61. The Labute approximate surface area is 162 Å². The van der Waals surface area contributed by atoms with Gasteiger partial charge in [0.1, 0.15) is 12.7 Å². The molecule has 6 heteroatoms. The van der Waals surface area contributed by atoms with Crippen molar-refractivity contribution in [3.63, 3.8) is 0 Å². The number of rotatable bonds is 7. The Hall–Kier alpha value is -2.21. The van der Waals surface area contributed by atoms with Gasteiger partial charge in [-0.1, -0.05) is 32.9 Å². The van der Waals surface area contributed by atoms with E-state index in [1.165, 1.54) is 19.2 Å². The molecule has 1 N–H and O–H groups in total. The molecular formula is C21H31N5O. The molecule has 3 rings (SSSR count). The summed E-state index contributed by atoms with van der Waals surface area (Å²) in [6.07, 6.45) is 5.72. The van der Waals surface area contributed by atoms with Crippen LogP contribution in [0.4, 0.5) is 0 Å². The molecule has 0 bridgehead atoms. The van der Waals surface area contributed by atoms with Gasteiger partial charge >= 0.3 is 0 Å². The first-order chi connectivity index (χ1) is 13.0. The summed E-state index contributed by atoms with van der Waals surface area (Å²) < 4.78 is 1.77. The highest BCUT2D eigenvalue weighted by Gasteiger charge is 2.26. The largest absolute Gasteiger partial charge is 0.350 e. The maximum atomic E-state index is 12.6. The minimum atomic E-state index is -0.00154. The molecule has 27 heavy (non-hydrogen) atoms. The summed E-state index contributed by atoms with van der Waals surface area (Å²) in [4.78, 5) is 19.1. The highest BCUT2D eigenvalue weighted by molar-refractivity contribution is 5.94. The van der Waals surface area contributed by atoms with Crippen LogP contribution in [0.15, 0.2) is 36.9 Å². The van der Waals surface area contributed by atoms with E-state index in [4.69, 9.17) is 0 Å². The van der Waals surface area contributed by atoms with Gasteiger partial charge < -0.3 is 5.32 Å². The second kappa shape index (κ2) is 9.13. The lowest BCUT2D eigenvalue weighted by Crippen LogP contribution is -2.49. The molecule has 1 aromatic heterocycles. The number of hydrogen-bond donors (Lipinski definition) is 1. The van der Waals surface area contributed by atoms with E-state index in [1.54, 1.807) is 11.0 Å². The molecule has 2 aromatic rings. The lowest BCUT2D eigenvalue weighted by molar-refractivity contribution is 0.0863. The van der Waals surface area contributed by atoms with E-state index in [2.05, 4.69) is 41.1 Å². The molecule has 1 saturated heterocycles. The van der Waals surface area contributed by atoms with Gasteiger partial charge in [0.15, 0.2) is 0 Å². The third kappa shape index (κ3) is 5.39. The highest BCUT2D eigenvalue weighted by Crippen LogP contribution is 2.21. The van der Waals surface area contributed by atoms with Crippen LogP contribution < -0.4 is 5.32 Å². The molecule has 1 aliphatic rings. The number of nitrogens with one attached hydrogen (secondary N) is 1. The summed E-state index contributed by atoms with van der Waals surface area (Å²) in [5, 5.41) is 7.25. The molecule has 0 saturated carbocycles. The van der Waals surface area contributed by atoms with Crippen LogP contribution >= 0.6 is 0 Å². The van der Waals surface area contributed by atoms with Crippen molar-refractivity contribution in [2.24, 2.45) is 11.8 Å². The van der Waals surface area contributed by atoms with E-state index in [9.17, 15) is 4.79 Å². The number of benzene rings is 1. The Morgan fingerprint density at radius 2 is 1.93 bits per heavy atom. The van der Waals surface area contributed by atoms with E-state index in [1.807, 2.05) is 24.3 Å². The quantitative estimate of drug-likeness (QED) is 0.815. The SMILES string of the molecule is CC1CCN(C(CNC(=O)c2ccc(Cn3cncn3)cc2)C(C)C)CC1. The van der Waals surface area contributed by atoms with Crippen LogP contribution in [0.25, 0.3) is 0 Å². The van der Waals surface area contributed by atoms with Crippen molar-refractivity contribution in [1.29, 1.82) is 0 Å². The third-order valence-corrected chi connectivity index (χ3v) is 5.56. The van der Waals surface area contributed by atoms with Crippen LogP contribution in [0.1, 0.15) is 49.5 Å². The van der Waals surface area contributed by atoms with Gasteiger partial charge in [-0.05, 0) is 55.5 Å². The fourth-order valence-electron chi connectivity index (χ4n) is 3.71. The lowest BCUT2D eigenvalue weighted by atomic mass is 9.94. The number of nitrogens with zero attached hydrogens (tertiary/aromatic N) is 4. The average Bonchev–Trinajstić information content (AvgIpc) is 3.16. The summed E-state index contributed by atoms with van der Waals surface area (Å²) in [5.74, 6) is 1.33. The van der Waals surface area contributed by atoms with Crippen molar-refractivity contribution in [1.82, 2.24) is 25.0 Å². The van der Waals surface area contributed by atoms with Crippen LogP contribution in [0.2, 0.25) is 0 Å². The Morgan fingerprint density at radius 1 is 1.22 bits per heavy atom. The molecule has 1 atom stereocenters. The molecule has 1 amide bonds. The van der Waals surface area contributed by atoms with Crippen LogP contribution in [-0.2, 0) is 6.54 Å². The first-order valence-electron chi connectivity index (χ1n) is 9.96. The monoisotopic (exact) mass is 369 g/mol. The predicted molar refractivity (Wildman–Crippen MR) is 106 cm³/mol. The van der Waals surface area contributed by atoms with Crippen molar-refractivity contribution < 1.29 is 4.79 Å². The molecule has 0 radical (unpaired) electrons. The summed E-state index contributed by atoms with van der Waals surface area (Å²) in [6, 6.07) is 8.11. The number of carbonyl (C=O) groups is 1. The maximum absolute atomic E-state index is 12.6. The lowest BCUT2D eigenvalue weighted by Gasteiger charge is -2.38. The zero-order chi connectivity index (χ0) is 19.2. The van der Waals surface area contributed by atoms with Gasteiger partial charge in [0, 0.05) is 18.2 Å². The van der Waals surface area contributed by atoms with E-state index in [0.717, 1.165) is 24.6 Å². The van der Waals surface area contributed by atoms with Crippen molar-refractivity contribution in [3.8, 4) is 0 Å². The molecule has 1 unspecified atom stereocenters. The minimum Gasteiger partial charge on any atom is -0.350 e. The second-order valence-corrected chi connectivity index (χ2v) is 8.03. The normalized spacial score (nSPS) is 17.2. The van der Waals surface area contributed by atoms with Gasteiger partial charge in [-0.3, -0.25) is 9.69 Å². The van der Waals surface area contributed by atoms with Crippen LogP contribution in [-0.4, -0.2) is 51.2 Å². The fraction of sp³-hybridized carbons (Fsp3) is 0.571. The highest BCUT2D eigenvalue weighted by atomic mass is 16.1. The number of piperidine rings is 1. The van der Waals surface area contributed by atoms with Crippen molar-refractivity contribution in [2.75, 3.05) is 19.6 Å². The van der Waals surface area contributed by atoms with Gasteiger partial charge in [0.25, 0.3) is 5.91 Å². The first kappa shape index (κ1) is 19.5. The molecule has 2 heterocycles. The number of amides is 1. The topological polar surface area (TPSA) is 63.1 Å². The Morgan fingerprint density at radius 3 is 2.52 bits per heavy atom. The molecule has 0 spiro atoms. The van der Waals surface area contributed by atoms with E-state index in [0.29, 0.717) is 30.6 Å². The van der Waals surface area contributed by atoms with E-state index < -0.39 is 0 Å². The first-order valence-corrected chi connectivity index (χ1v) is 9.96. The standard InChI is InChI=1S/C21H31N5O/c1-16(2)20(25-10-8-17(3)9-11-25)12-23-21(27)19-6-4-18(5-7-19)13-26-15-22-14-24-26/h4-7,14-17,20H,8-13H2,1-3H3,(H,23,27). The van der Waals surface area contributed by atoms with Gasteiger partial charge in [-0.15, -0.1) is 0 Å². The van der Waals surface area contributed by atoms with Crippen molar-refractivity contribution in [2.45, 2.75) is 46.2 Å². The minimum absolute atomic E-state index is 0.00154.